The van der Waals surface area contributed by atoms with Crippen molar-refractivity contribution in [3.63, 3.8) is 0 Å². The third-order valence-electron chi connectivity index (χ3n) is 5.38. The molecule has 21 heavy (non-hydrogen) atoms. The van der Waals surface area contributed by atoms with Crippen molar-refractivity contribution in [1.82, 2.24) is 5.32 Å². The molecule has 1 aliphatic rings. The Morgan fingerprint density at radius 2 is 1.71 bits per heavy atom. The van der Waals surface area contributed by atoms with Crippen molar-refractivity contribution in [2.75, 3.05) is 18.0 Å². The molecule has 2 heteroatoms. The molecule has 0 spiro atoms. The van der Waals surface area contributed by atoms with E-state index in [0.29, 0.717) is 6.04 Å². The van der Waals surface area contributed by atoms with E-state index in [1.165, 1.54) is 30.5 Å². The standard InChI is InChI=1S/C19H32N2/c1-5-17-10-13-19(15(17)4)20-14-16-8-11-18(12-9-16)21(6-2)7-3/h8-9,11-12,15,17,19-20H,5-7,10,13-14H2,1-4H3. The minimum atomic E-state index is 0.706. The van der Waals surface area contributed by atoms with E-state index in [0.717, 1.165) is 31.5 Å². The topological polar surface area (TPSA) is 15.3 Å². The van der Waals surface area contributed by atoms with Crippen LogP contribution in [0.5, 0.6) is 0 Å². The van der Waals surface area contributed by atoms with Gasteiger partial charge in [0.1, 0.15) is 0 Å². The number of hydrogen-bond acceptors (Lipinski definition) is 2. The molecule has 1 saturated carbocycles. The molecule has 0 aliphatic heterocycles. The van der Waals surface area contributed by atoms with Gasteiger partial charge in [0, 0.05) is 31.4 Å². The monoisotopic (exact) mass is 288 g/mol. The van der Waals surface area contributed by atoms with Gasteiger partial charge in [-0.2, -0.15) is 0 Å². The van der Waals surface area contributed by atoms with E-state index in [-0.39, 0.29) is 0 Å². The van der Waals surface area contributed by atoms with Gasteiger partial charge in [-0.15, -0.1) is 0 Å². The van der Waals surface area contributed by atoms with Crippen molar-refractivity contribution >= 4 is 5.69 Å². The molecular weight excluding hydrogens is 256 g/mol. The number of nitrogens with zero attached hydrogens (tertiary/aromatic N) is 1. The van der Waals surface area contributed by atoms with Gasteiger partial charge in [0.2, 0.25) is 0 Å². The molecule has 2 rings (SSSR count). The van der Waals surface area contributed by atoms with E-state index in [4.69, 9.17) is 0 Å². The first kappa shape index (κ1) is 16.4. The van der Waals surface area contributed by atoms with Crippen LogP contribution in [0.3, 0.4) is 0 Å². The van der Waals surface area contributed by atoms with Crippen molar-refractivity contribution < 1.29 is 0 Å². The first-order valence-corrected chi connectivity index (χ1v) is 8.76. The molecule has 118 valence electrons. The van der Waals surface area contributed by atoms with E-state index in [1.54, 1.807) is 0 Å². The summed E-state index contributed by atoms with van der Waals surface area (Å²) in [6, 6.07) is 9.78. The summed E-state index contributed by atoms with van der Waals surface area (Å²) in [6.07, 6.45) is 4.07. The van der Waals surface area contributed by atoms with Gasteiger partial charge < -0.3 is 10.2 Å². The Morgan fingerprint density at radius 1 is 1.05 bits per heavy atom. The summed E-state index contributed by atoms with van der Waals surface area (Å²) < 4.78 is 0. The van der Waals surface area contributed by atoms with Crippen LogP contribution in [-0.4, -0.2) is 19.1 Å². The number of hydrogen-bond donors (Lipinski definition) is 1. The minimum Gasteiger partial charge on any atom is -0.372 e. The van der Waals surface area contributed by atoms with Gasteiger partial charge in [-0.25, -0.2) is 0 Å². The second-order valence-electron chi connectivity index (χ2n) is 6.43. The highest BCUT2D eigenvalue weighted by atomic mass is 15.1. The lowest BCUT2D eigenvalue weighted by atomic mass is 9.93. The van der Waals surface area contributed by atoms with Gasteiger partial charge in [0.25, 0.3) is 0 Å². The maximum atomic E-state index is 3.78. The SMILES string of the molecule is CCC1CCC(NCc2ccc(N(CC)CC)cc2)C1C. The molecule has 2 nitrogen and oxygen atoms in total. The molecule has 1 aromatic carbocycles. The fourth-order valence-corrected chi connectivity index (χ4v) is 3.77. The Morgan fingerprint density at radius 3 is 2.24 bits per heavy atom. The Labute approximate surface area is 130 Å². The Bertz CT molecular complexity index is 408. The van der Waals surface area contributed by atoms with Crippen LogP contribution in [0.15, 0.2) is 24.3 Å². The molecule has 0 heterocycles. The molecule has 3 atom stereocenters. The molecule has 1 aliphatic carbocycles. The predicted molar refractivity (Wildman–Crippen MR) is 92.8 cm³/mol. The van der Waals surface area contributed by atoms with Crippen molar-refractivity contribution in [2.24, 2.45) is 11.8 Å². The van der Waals surface area contributed by atoms with E-state index in [9.17, 15) is 0 Å². The fourth-order valence-electron chi connectivity index (χ4n) is 3.77. The summed E-state index contributed by atoms with van der Waals surface area (Å²) in [6.45, 7) is 12.3. The quantitative estimate of drug-likeness (QED) is 0.797. The molecule has 0 bridgehead atoms. The zero-order valence-corrected chi connectivity index (χ0v) is 14.2. The third-order valence-corrected chi connectivity index (χ3v) is 5.38. The highest BCUT2D eigenvalue weighted by Gasteiger charge is 2.30. The van der Waals surface area contributed by atoms with Crippen LogP contribution in [0.2, 0.25) is 0 Å². The average Bonchev–Trinajstić information content (AvgIpc) is 2.88. The maximum Gasteiger partial charge on any atom is 0.0366 e. The van der Waals surface area contributed by atoms with Gasteiger partial charge >= 0.3 is 0 Å². The van der Waals surface area contributed by atoms with E-state index >= 15 is 0 Å². The lowest BCUT2D eigenvalue weighted by molar-refractivity contribution is 0.344. The number of anilines is 1. The maximum absolute atomic E-state index is 3.78. The van der Waals surface area contributed by atoms with Crippen molar-refractivity contribution in [1.29, 1.82) is 0 Å². The van der Waals surface area contributed by atoms with Crippen LogP contribution >= 0.6 is 0 Å². The summed E-state index contributed by atoms with van der Waals surface area (Å²) in [4.78, 5) is 2.39. The summed E-state index contributed by atoms with van der Waals surface area (Å²) >= 11 is 0. The number of benzene rings is 1. The molecule has 1 fully saturated rings. The van der Waals surface area contributed by atoms with Crippen LogP contribution < -0.4 is 10.2 Å². The lowest BCUT2D eigenvalue weighted by Crippen LogP contribution is -2.32. The summed E-state index contributed by atoms with van der Waals surface area (Å²) in [5, 5.41) is 3.78. The van der Waals surface area contributed by atoms with Crippen LogP contribution in [0, 0.1) is 11.8 Å². The van der Waals surface area contributed by atoms with Gasteiger partial charge in [0.05, 0.1) is 0 Å². The van der Waals surface area contributed by atoms with Crippen molar-refractivity contribution in [3.05, 3.63) is 29.8 Å². The van der Waals surface area contributed by atoms with Gasteiger partial charge in [-0.3, -0.25) is 0 Å². The van der Waals surface area contributed by atoms with E-state index in [2.05, 4.69) is 62.2 Å². The largest absolute Gasteiger partial charge is 0.372 e. The predicted octanol–water partition coefficient (Wildman–Crippen LogP) is 4.45. The normalized spacial score (nSPS) is 25.2. The van der Waals surface area contributed by atoms with E-state index in [1.807, 2.05) is 0 Å². The Kier molecular flexibility index (Phi) is 6.10. The van der Waals surface area contributed by atoms with Crippen LogP contribution in [0.1, 0.15) is 52.5 Å². The summed E-state index contributed by atoms with van der Waals surface area (Å²) in [5.74, 6) is 1.75. The fraction of sp³-hybridized carbons (Fsp3) is 0.684. The molecular formula is C19H32N2. The second-order valence-corrected chi connectivity index (χ2v) is 6.43. The van der Waals surface area contributed by atoms with Crippen LogP contribution in [0.25, 0.3) is 0 Å². The van der Waals surface area contributed by atoms with E-state index < -0.39 is 0 Å². The van der Waals surface area contributed by atoms with Crippen LogP contribution in [-0.2, 0) is 6.54 Å². The molecule has 3 unspecified atom stereocenters. The highest BCUT2D eigenvalue weighted by molar-refractivity contribution is 5.47. The first-order valence-electron chi connectivity index (χ1n) is 8.76. The Balaban J connectivity index is 1.87. The summed E-state index contributed by atoms with van der Waals surface area (Å²) in [7, 11) is 0. The summed E-state index contributed by atoms with van der Waals surface area (Å²) in [5.41, 5.74) is 2.74. The molecule has 0 radical (unpaired) electrons. The van der Waals surface area contributed by atoms with Gasteiger partial charge in [-0.05, 0) is 56.2 Å². The zero-order valence-electron chi connectivity index (χ0n) is 14.2. The average molecular weight is 288 g/mol. The molecule has 1 N–H and O–H groups in total. The zero-order chi connectivity index (χ0) is 15.2. The highest BCUT2D eigenvalue weighted by Crippen LogP contribution is 2.34. The van der Waals surface area contributed by atoms with Crippen LogP contribution in [0.4, 0.5) is 5.69 Å². The Hall–Kier alpha value is -1.02. The molecule has 1 aromatic rings. The number of nitrogens with one attached hydrogen (secondary N) is 1. The minimum absolute atomic E-state index is 0.706. The molecule has 0 saturated heterocycles. The van der Waals surface area contributed by atoms with Crippen molar-refractivity contribution in [2.45, 2.75) is 59.5 Å². The first-order chi connectivity index (χ1) is 10.2. The molecule has 0 amide bonds. The number of rotatable bonds is 7. The lowest BCUT2D eigenvalue weighted by Gasteiger charge is -2.22. The second kappa shape index (κ2) is 7.84. The van der Waals surface area contributed by atoms with Crippen molar-refractivity contribution in [3.8, 4) is 0 Å². The smallest absolute Gasteiger partial charge is 0.0366 e. The third kappa shape index (κ3) is 4.00. The van der Waals surface area contributed by atoms with Gasteiger partial charge in [0.15, 0.2) is 0 Å². The van der Waals surface area contributed by atoms with Gasteiger partial charge in [-0.1, -0.05) is 32.4 Å². The molecule has 0 aromatic heterocycles.